The Hall–Kier alpha value is -1.70. The van der Waals surface area contributed by atoms with Crippen LogP contribution in [-0.4, -0.2) is 31.8 Å². The smallest absolute Gasteiger partial charge is 0.279 e. The lowest BCUT2D eigenvalue weighted by Crippen LogP contribution is -2.35. The first-order chi connectivity index (χ1) is 9.40. The molecule has 2 rings (SSSR count). The van der Waals surface area contributed by atoms with Crippen LogP contribution in [0.25, 0.3) is 11.3 Å². The first-order valence-corrected chi connectivity index (χ1v) is 7.53. The summed E-state index contributed by atoms with van der Waals surface area (Å²) in [5, 5.41) is 0. The van der Waals surface area contributed by atoms with E-state index in [1.54, 1.807) is 6.92 Å². The number of benzene rings is 1. The number of nitrogens with zero attached hydrogens (tertiary/aromatic N) is 2. The van der Waals surface area contributed by atoms with Crippen molar-refractivity contribution in [2.45, 2.75) is 13.5 Å². The van der Waals surface area contributed by atoms with Gasteiger partial charge in [0.25, 0.3) is 10.2 Å². The Labute approximate surface area is 118 Å². The van der Waals surface area contributed by atoms with Crippen molar-refractivity contribution < 1.29 is 12.8 Å². The molecule has 1 N–H and O–H groups in total. The largest absolute Gasteiger partial charge is 0.444 e. The summed E-state index contributed by atoms with van der Waals surface area (Å²) >= 11 is 0. The van der Waals surface area contributed by atoms with E-state index in [0.717, 1.165) is 15.6 Å². The van der Waals surface area contributed by atoms with E-state index < -0.39 is 10.2 Å². The van der Waals surface area contributed by atoms with Crippen molar-refractivity contribution in [3.8, 4) is 11.3 Å². The normalized spacial score (nSPS) is 12.0. The zero-order valence-electron chi connectivity index (χ0n) is 11.6. The topological polar surface area (TPSA) is 75.4 Å². The molecule has 0 saturated carbocycles. The van der Waals surface area contributed by atoms with Gasteiger partial charge in [-0.2, -0.15) is 17.4 Å². The van der Waals surface area contributed by atoms with Crippen LogP contribution in [-0.2, 0) is 16.8 Å². The highest BCUT2D eigenvalue weighted by Gasteiger charge is 2.16. The quantitative estimate of drug-likeness (QED) is 0.908. The number of aromatic nitrogens is 1. The summed E-state index contributed by atoms with van der Waals surface area (Å²) < 4.78 is 32.2. The van der Waals surface area contributed by atoms with Crippen LogP contribution in [0.1, 0.15) is 11.7 Å². The summed E-state index contributed by atoms with van der Waals surface area (Å²) in [7, 11) is -0.567. The molecule has 0 spiro atoms. The summed E-state index contributed by atoms with van der Waals surface area (Å²) in [5.41, 5.74) is 1.67. The number of nitrogens with one attached hydrogen (secondary N) is 1. The lowest BCUT2D eigenvalue weighted by atomic mass is 10.1. The van der Waals surface area contributed by atoms with Crippen molar-refractivity contribution in [3.63, 3.8) is 0 Å². The van der Waals surface area contributed by atoms with Gasteiger partial charge in [-0.05, 0) is 6.92 Å². The molecule has 1 heterocycles. The Balaban J connectivity index is 2.17. The standard InChI is InChI=1S/C13H17N3O3S/c1-10-13(11-7-5-4-6-8-11)15-12(19-10)9-14-20(17,18)16(2)3/h4-8,14H,9H2,1-3H3. The Kier molecular flexibility index (Phi) is 4.22. The molecule has 0 atom stereocenters. The van der Waals surface area contributed by atoms with Crippen LogP contribution in [0, 0.1) is 6.92 Å². The maximum Gasteiger partial charge on any atom is 0.279 e. The molecular formula is C13H17N3O3S. The first-order valence-electron chi connectivity index (χ1n) is 6.09. The fraction of sp³-hybridized carbons (Fsp3) is 0.308. The van der Waals surface area contributed by atoms with Crippen LogP contribution in [0.2, 0.25) is 0 Å². The highest BCUT2D eigenvalue weighted by molar-refractivity contribution is 7.87. The molecule has 0 bridgehead atoms. The van der Waals surface area contributed by atoms with E-state index in [2.05, 4.69) is 9.71 Å². The van der Waals surface area contributed by atoms with E-state index in [9.17, 15) is 8.42 Å². The van der Waals surface area contributed by atoms with Crippen LogP contribution in [0.5, 0.6) is 0 Å². The second-order valence-corrected chi connectivity index (χ2v) is 6.46. The monoisotopic (exact) mass is 295 g/mol. The third-order valence-corrected chi connectivity index (χ3v) is 4.25. The minimum atomic E-state index is -3.48. The molecule has 1 aromatic carbocycles. The number of aryl methyl sites for hydroxylation is 1. The molecule has 20 heavy (non-hydrogen) atoms. The average molecular weight is 295 g/mol. The van der Waals surface area contributed by atoms with Gasteiger partial charge in [0.05, 0.1) is 6.54 Å². The first kappa shape index (κ1) is 14.7. The van der Waals surface area contributed by atoms with E-state index in [1.165, 1.54) is 14.1 Å². The predicted octanol–water partition coefficient (Wildman–Crippen LogP) is 1.55. The van der Waals surface area contributed by atoms with Gasteiger partial charge in [-0.3, -0.25) is 0 Å². The second-order valence-electron chi connectivity index (χ2n) is 4.49. The van der Waals surface area contributed by atoms with Crippen molar-refractivity contribution >= 4 is 10.2 Å². The molecule has 1 aromatic heterocycles. The fourth-order valence-electron chi connectivity index (χ4n) is 1.67. The van der Waals surface area contributed by atoms with E-state index >= 15 is 0 Å². The molecule has 0 unspecified atom stereocenters. The second kappa shape index (κ2) is 5.74. The number of rotatable bonds is 5. The van der Waals surface area contributed by atoms with Gasteiger partial charge >= 0.3 is 0 Å². The van der Waals surface area contributed by atoms with E-state index in [4.69, 9.17) is 4.42 Å². The van der Waals surface area contributed by atoms with Gasteiger partial charge in [-0.15, -0.1) is 0 Å². The fourth-order valence-corrected chi connectivity index (χ4v) is 2.24. The van der Waals surface area contributed by atoms with Crippen LogP contribution in [0.15, 0.2) is 34.7 Å². The predicted molar refractivity (Wildman–Crippen MR) is 76.1 cm³/mol. The molecule has 7 heteroatoms. The summed E-state index contributed by atoms with van der Waals surface area (Å²) in [5.74, 6) is 1.00. The van der Waals surface area contributed by atoms with Crippen LogP contribution in [0.4, 0.5) is 0 Å². The maximum absolute atomic E-state index is 11.6. The van der Waals surface area contributed by atoms with Gasteiger partial charge in [-0.25, -0.2) is 4.98 Å². The van der Waals surface area contributed by atoms with E-state index in [-0.39, 0.29) is 6.54 Å². The number of hydrogen-bond acceptors (Lipinski definition) is 4. The molecule has 0 aliphatic heterocycles. The van der Waals surface area contributed by atoms with Gasteiger partial charge in [0.2, 0.25) is 5.89 Å². The van der Waals surface area contributed by atoms with Crippen LogP contribution in [0.3, 0.4) is 0 Å². The minimum Gasteiger partial charge on any atom is -0.444 e. The van der Waals surface area contributed by atoms with Gasteiger partial charge in [0.15, 0.2) is 0 Å². The maximum atomic E-state index is 11.6. The van der Waals surface area contributed by atoms with Gasteiger partial charge < -0.3 is 4.42 Å². The third-order valence-electron chi connectivity index (χ3n) is 2.77. The summed E-state index contributed by atoms with van der Waals surface area (Å²) in [6.07, 6.45) is 0. The van der Waals surface area contributed by atoms with Gasteiger partial charge in [0, 0.05) is 19.7 Å². The van der Waals surface area contributed by atoms with Crippen molar-refractivity contribution in [2.24, 2.45) is 0 Å². The molecule has 0 fully saturated rings. The Morgan fingerprint density at radius 3 is 2.50 bits per heavy atom. The van der Waals surface area contributed by atoms with Crippen molar-refractivity contribution in [3.05, 3.63) is 42.0 Å². The highest BCUT2D eigenvalue weighted by Crippen LogP contribution is 2.22. The zero-order valence-corrected chi connectivity index (χ0v) is 12.4. The molecule has 2 aromatic rings. The third kappa shape index (κ3) is 3.24. The van der Waals surface area contributed by atoms with Gasteiger partial charge in [-0.1, -0.05) is 30.3 Å². The SMILES string of the molecule is Cc1oc(CNS(=O)(=O)N(C)C)nc1-c1ccccc1. The van der Waals surface area contributed by atoms with Crippen molar-refractivity contribution in [2.75, 3.05) is 14.1 Å². The lowest BCUT2D eigenvalue weighted by molar-refractivity contribution is 0.454. The average Bonchev–Trinajstić information content (AvgIpc) is 2.79. The summed E-state index contributed by atoms with van der Waals surface area (Å²) in [4.78, 5) is 4.33. The molecule has 0 saturated heterocycles. The Bertz CT molecular complexity index is 678. The van der Waals surface area contributed by atoms with Crippen LogP contribution < -0.4 is 4.72 Å². The van der Waals surface area contributed by atoms with E-state index in [0.29, 0.717) is 11.7 Å². The molecule has 0 aliphatic rings. The lowest BCUT2D eigenvalue weighted by Gasteiger charge is -2.10. The zero-order chi connectivity index (χ0) is 14.8. The summed E-state index contributed by atoms with van der Waals surface area (Å²) in [6.45, 7) is 1.83. The molecular weight excluding hydrogens is 278 g/mol. The van der Waals surface area contributed by atoms with E-state index in [1.807, 2.05) is 30.3 Å². The molecule has 0 amide bonds. The molecule has 108 valence electrons. The van der Waals surface area contributed by atoms with Crippen LogP contribution >= 0.6 is 0 Å². The number of hydrogen-bond donors (Lipinski definition) is 1. The number of oxazole rings is 1. The molecule has 6 nitrogen and oxygen atoms in total. The Morgan fingerprint density at radius 2 is 1.90 bits per heavy atom. The molecule has 0 aliphatic carbocycles. The van der Waals surface area contributed by atoms with Crippen molar-refractivity contribution in [1.29, 1.82) is 0 Å². The van der Waals surface area contributed by atoms with Crippen molar-refractivity contribution in [1.82, 2.24) is 14.0 Å². The highest BCUT2D eigenvalue weighted by atomic mass is 32.2. The minimum absolute atomic E-state index is 0.0220. The summed E-state index contributed by atoms with van der Waals surface area (Å²) in [6, 6.07) is 9.61. The van der Waals surface area contributed by atoms with Gasteiger partial charge in [0.1, 0.15) is 11.5 Å². The Morgan fingerprint density at radius 1 is 1.25 bits per heavy atom. The molecule has 0 radical (unpaired) electrons.